The quantitative estimate of drug-likeness (QED) is 0.758. The molecule has 2 amide bonds. The number of aromatic nitrogens is 1. The third kappa shape index (κ3) is 2.67. The second-order valence-electron chi connectivity index (χ2n) is 5.93. The van der Waals surface area contributed by atoms with Crippen LogP contribution in [0, 0.1) is 0 Å². The van der Waals surface area contributed by atoms with E-state index in [-0.39, 0.29) is 12.1 Å². The molecule has 1 unspecified atom stereocenters. The summed E-state index contributed by atoms with van der Waals surface area (Å²) >= 11 is 0. The van der Waals surface area contributed by atoms with Gasteiger partial charge in [0.25, 0.3) is 0 Å². The molecule has 0 saturated carbocycles. The van der Waals surface area contributed by atoms with Gasteiger partial charge in [-0.3, -0.25) is 0 Å². The van der Waals surface area contributed by atoms with Crippen molar-refractivity contribution in [3.05, 3.63) is 90.3 Å². The summed E-state index contributed by atoms with van der Waals surface area (Å²) in [4.78, 5) is 14.8. The molecule has 2 aromatic carbocycles. The number of hydrogen-bond donors (Lipinski definition) is 1. The first-order chi connectivity index (χ1) is 11.8. The number of benzene rings is 2. The van der Waals surface area contributed by atoms with Crippen LogP contribution in [0.3, 0.4) is 0 Å². The standard InChI is InChI=1S/C20H19N3O/c24-20(21-17-10-5-2-6-11-17)23-15-14-22-13-7-12-18(22)19(23)16-8-3-1-4-9-16/h1-13,19H,14-15H2,(H,21,24). The molecular weight excluding hydrogens is 298 g/mol. The molecule has 4 rings (SSSR count). The summed E-state index contributed by atoms with van der Waals surface area (Å²) in [5, 5.41) is 3.01. The molecule has 4 heteroatoms. The molecule has 0 aliphatic carbocycles. The van der Waals surface area contributed by atoms with E-state index in [0.717, 1.165) is 23.5 Å². The zero-order valence-electron chi connectivity index (χ0n) is 13.3. The number of rotatable bonds is 2. The van der Waals surface area contributed by atoms with Gasteiger partial charge in [-0.05, 0) is 29.8 Å². The molecule has 0 bridgehead atoms. The Hall–Kier alpha value is -3.01. The number of anilines is 1. The topological polar surface area (TPSA) is 37.3 Å². The molecule has 1 aromatic heterocycles. The summed E-state index contributed by atoms with van der Waals surface area (Å²) in [7, 11) is 0. The van der Waals surface area contributed by atoms with Crippen LogP contribution >= 0.6 is 0 Å². The Balaban J connectivity index is 1.67. The minimum Gasteiger partial charge on any atom is -0.348 e. The number of amides is 2. The van der Waals surface area contributed by atoms with E-state index < -0.39 is 0 Å². The molecule has 2 heterocycles. The molecule has 120 valence electrons. The number of nitrogens with zero attached hydrogens (tertiary/aromatic N) is 2. The third-order valence-corrected chi connectivity index (χ3v) is 4.44. The highest BCUT2D eigenvalue weighted by Gasteiger charge is 2.32. The van der Waals surface area contributed by atoms with Crippen molar-refractivity contribution < 1.29 is 4.79 Å². The normalized spacial score (nSPS) is 16.5. The van der Waals surface area contributed by atoms with Crippen LogP contribution in [0.15, 0.2) is 79.0 Å². The minimum atomic E-state index is -0.0707. The lowest BCUT2D eigenvalue weighted by atomic mass is 10.0. The van der Waals surface area contributed by atoms with Crippen molar-refractivity contribution in [3.63, 3.8) is 0 Å². The SMILES string of the molecule is O=C(Nc1ccccc1)N1CCn2cccc2C1c1ccccc1. The second-order valence-corrected chi connectivity index (χ2v) is 5.93. The van der Waals surface area contributed by atoms with E-state index in [9.17, 15) is 4.79 Å². The number of carbonyl (C=O) groups is 1. The van der Waals surface area contributed by atoms with E-state index in [0.29, 0.717) is 6.54 Å². The Kier molecular flexibility index (Phi) is 3.79. The molecule has 24 heavy (non-hydrogen) atoms. The van der Waals surface area contributed by atoms with Crippen molar-refractivity contribution in [1.82, 2.24) is 9.47 Å². The molecule has 0 radical (unpaired) electrons. The maximum absolute atomic E-state index is 12.9. The van der Waals surface area contributed by atoms with Crippen LogP contribution in [-0.2, 0) is 6.54 Å². The molecule has 4 nitrogen and oxygen atoms in total. The van der Waals surface area contributed by atoms with Gasteiger partial charge in [0.1, 0.15) is 0 Å². The van der Waals surface area contributed by atoms with Gasteiger partial charge in [-0.2, -0.15) is 0 Å². The molecular formula is C20H19N3O. The highest BCUT2D eigenvalue weighted by molar-refractivity contribution is 5.90. The number of carbonyl (C=O) groups excluding carboxylic acids is 1. The fourth-order valence-electron chi connectivity index (χ4n) is 3.31. The molecule has 1 atom stereocenters. The van der Waals surface area contributed by atoms with Gasteiger partial charge < -0.3 is 14.8 Å². The van der Waals surface area contributed by atoms with Crippen LogP contribution in [0.1, 0.15) is 17.3 Å². The van der Waals surface area contributed by atoms with Crippen molar-refractivity contribution >= 4 is 11.7 Å². The van der Waals surface area contributed by atoms with Gasteiger partial charge in [-0.1, -0.05) is 48.5 Å². The molecule has 0 fully saturated rings. The average Bonchev–Trinajstić information content (AvgIpc) is 3.11. The van der Waals surface area contributed by atoms with Crippen LogP contribution in [0.25, 0.3) is 0 Å². The molecule has 1 aliphatic rings. The summed E-state index contributed by atoms with van der Waals surface area (Å²) in [6, 6.07) is 23.8. The Bertz CT molecular complexity index is 826. The summed E-state index contributed by atoms with van der Waals surface area (Å²) in [5.74, 6) is 0. The molecule has 3 aromatic rings. The molecule has 0 saturated heterocycles. The maximum atomic E-state index is 12.9. The van der Waals surface area contributed by atoms with Gasteiger partial charge in [-0.15, -0.1) is 0 Å². The highest BCUT2D eigenvalue weighted by atomic mass is 16.2. The van der Waals surface area contributed by atoms with Gasteiger partial charge in [-0.25, -0.2) is 4.79 Å². The zero-order chi connectivity index (χ0) is 16.4. The predicted octanol–water partition coefficient (Wildman–Crippen LogP) is 4.13. The summed E-state index contributed by atoms with van der Waals surface area (Å²) in [6.07, 6.45) is 2.08. The Labute approximate surface area is 141 Å². The van der Waals surface area contributed by atoms with Crippen LogP contribution < -0.4 is 5.32 Å². The third-order valence-electron chi connectivity index (χ3n) is 4.44. The lowest BCUT2D eigenvalue weighted by Crippen LogP contribution is -2.44. The first-order valence-electron chi connectivity index (χ1n) is 8.15. The van der Waals surface area contributed by atoms with Crippen LogP contribution in [-0.4, -0.2) is 22.0 Å². The number of urea groups is 1. The van der Waals surface area contributed by atoms with Gasteiger partial charge >= 0.3 is 6.03 Å². The highest BCUT2D eigenvalue weighted by Crippen LogP contribution is 2.32. The van der Waals surface area contributed by atoms with E-state index in [4.69, 9.17) is 0 Å². The first-order valence-corrected chi connectivity index (χ1v) is 8.15. The van der Waals surface area contributed by atoms with Crippen molar-refractivity contribution in [2.45, 2.75) is 12.6 Å². The average molecular weight is 317 g/mol. The van der Waals surface area contributed by atoms with E-state index in [1.165, 1.54) is 0 Å². The monoisotopic (exact) mass is 317 g/mol. The zero-order valence-corrected chi connectivity index (χ0v) is 13.3. The minimum absolute atomic E-state index is 0.0671. The van der Waals surface area contributed by atoms with E-state index in [1.54, 1.807) is 0 Å². The Morgan fingerprint density at radius 2 is 1.58 bits per heavy atom. The van der Waals surface area contributed by atoms with Gasteiger partial charge in [0.05, 0.1) is 6.04 Å². The van der Waals surface area contributed by atoms with Crippen LogP contribution in [0.2, 0.25) is 0 Å². The van der Waals surface area contributed by atoms with Crippen molar-refractivity contribution in [2.24, 2.45) is 0 Å². The van der Waals surface area contributed by atoms with E-state index in [1.807, 2.05) is 59.5 Å². The largest absolute Gasteiger partial charge is 0.348 e. The molecule has 1 N–H and O–H groups in total. The maximum Gasteiger partial charge on any atom is 0.322 e. The number of nitrogens with one attached hydrogen (secondary N) is 1. The summed E-state index contributed by atoms with van der Waals surface area (Å²) < 4.78 is 2.23. The molecule has 1 aliphatic heterocycles. The van der Waals surface area contributed by atoms with Crippen LogP contribution in [0.4, 0.5) is 10.5 Å². The van der Waals surface area contributed by atoms with Crippen molar-refractivity contribution in [2.75, 3.05) is 11.9 Å². The predicted molar refractivity (Wildman–Crippen MR) is 94.9 cm³/mol. The van der Waals surface area contributed by atoms with Crippen LogP contribution in [0.5, 0.6) is 0 Å². The summed E-state index contributed by atoms with van der Waals surface area (Å²) in [5.41, 5.74) is 3.09. The first kappa shape index (κ1) is 14.6. The van der Waals surface area contributed by atoms with Gasteiger partial charge in [0.2, 0.25) is 0 Å². The van der Waals surface area contributed by atoms with Crippen molar-refractivity contribution in [3.8, 4) is 0 Å². The number of para-hydroxylation sites is 1. The second kappa shape index (κ2) is 6.24. The Morgan fingerprint density at radius 1 is 0.875 bits per heavy atom. The fraction of sp³-hybridized carbons (Fsp3) is 0.150. The Morgan fingerprint density at radius 3 is 2.33 bits per heavy atom. The van der Waals surface area contributed by atoms with Gasteiger partial charge in [0.15, 0.2) is 0 Å². The van der Waals surface area contributed by atoms with E-state index >= 15 is 0 Å². The summed E-state index contributed by atoms with van der Waals surface area (Å²) in [6.45, 7) is 1.49. The lowest BCUT2D eigenvalue weighted by Gasteiger charge is -2.37. The lowest BCUT2D eigenvalue weighted by molar-refractivity contribution is 0.182. The van der Waals surface area contributed by atoms with Crippen molar-refractivity contribution in [1.29, 1.82) is 0 Å². The fourth-order valence-corrected chi connectivity index (χ4v) is 3.31. The van der Waals surface area contributed by atoms with Gasteiger partial charge in [0, 0.05) is 30.7 Å². The smallest absolute Gasteiger partial charge is 0.322 e. The molecule has 0 spiro atoms. The number of hydrogen-bond acceptors (Lipinski definition) is 1. The van der Waals surface area contributed by atoms with E-state index in [2.05, 4.69) is 34.3 Å². The number of fused-ring (bicyclic) bond motifs is 1.